The monoisotopic (exact) mass is 449 g/mol. The first-order valence-electron chi connectivity index (χ1n) is 11.4. The van der Waals surface area contributed by atoms with E-state index in [1.165, 1.54) is 4.90 Å². The van der Waals surface area contributed by atoms with Gasteiger partial charge in [-0.1, -0.05) is 30.3 Å². The predicted molar refractivity (Wildman–Crippen MR) is 128 cm³/mol. The summed E-state index contributed by atoms with van der Waals surface area (Å²) in [6.45, 7) is 7.90. The number of nitrogens with zero attached hydrogens (tertiary/aromatic N) is 3. The Morgan fingerprint density at radius 2 is 1.61 bits per heavy atom. The van der Waals surface area contributed by atoms with Crippen LogP contribution in [0.15, 0.2) is 60.3 Å². The van der Waals surface area contributed by atoms with Crippen molar-refractivity contribution in [1.82, 2.24) is 9.80 Å². The van der Waals surface area contributed by atoms with Crippen LogP contribution in [-0.4, -0.2) is 74.2 Å². The lowest BCUT2D eigenvalue weighted by Crippen LogP contribution is -2.44. The van der Waals surface area contributed by atoms with E-state index in [-0.39, 0.29) is 17.9 Å². The number of para-hydroxylation sites is 1. The van der Waals surface area contributed by atoms with Crippen LogP contribution in [-0.2, 0) is 14.3 Å². The van der Waals surface area contributed by atoms with Gasteiger partial charge in [-0.15, -0.1) is 0 Å². The number of likely N-dealkylation sites (N-methyl/N-ethyl adjacent to an activating group) is 1. The highest BCUT2D eigenvalue weighted by Gasteiger charge is 2.41. The number of benzene rings is 2. The zero-order chi connectivity index (χ0) is 23.4. The average molecular weight is 450 g/mol. The molecule has 2 aromatic carbocycles. The van der Waals surface area contributed by atoms with Gasteiger partial charge in [0.2, 0.25) is 0 Å². The smallest absolute Gasteiger partial charge is 0.278 e. The molecule has 1 fully saturated rings. The van der Waals surface area contributed by atoms with Crippen LogP contribution in [0.1, 0.15) is 19.4 Å². The van der Waals surface area contributed by atoms with Gasteiger partial charge in [0.25, 0.3) is 11.8 Å². The minimum Gasteiger partial charge on any atom is -0.491 e. The number of hydrogen-bond donors (Lipinski definition) is 0. The fourth-order valence-corrected chi connectivity index (χ4v) is 4.16. The normalized spacial score (nSPS) is 17.3. The van der Waals surface area contributed by atoms with E-state index in [1.807, 2.05) is 80.4 Å². The number of anilines is 1. The topological polar surface area (TPSA) is 62.3 Å². The van der Waals surface area contributed by atoms with Crippen LogP contribution in [0, 0.1) is 0 Å². The molecule has 4 rings (SSSR count). The Kier molecular flexibility index (Phi) is 7.11. The predicted octanol–water partition coefficient (Wildman–Crippen LogP) is 3.02. The largest absolute Gasteiger partial charge is 0.491 e. The number of hydrogen-bond acceptors (Lipinski definition) is 6. The zero-order valence-electron chi connectivity index (χ0n) is 19.5. The Morgan fingerprint density at radius 3 is 2.24 bits per heavy atom. The van der Waals surface area contributed by atoms with Gasteiger partial charge >= 0.3 is 0 Å². The van der Waals surface area contributed by atoms with Crippen LogP contribution in [0.25, 0.3) is 5.57 Å². The van der Waals surface area contributed by atoms with Gasteiger partial charge in [0.1, 0.15) is 11.4 Å². The van der Waals surface area contributed by atoms with E-state index in [1.54, 1.807) is 0 Å². The fourth-order valence-electron chi connectivity index (χ4n) is 4.16. The molecule has 2 aliphatic heterocycles. The Bertz CT molecular complexity index is 1010. The molecule has 2 amide bonds. The highest BCUT2D eigenvalue weighted by molar-refractivity contribution is 6.36. The Hall–Kier alpha value is -3.16. The summed E-state index contributed by atoms with van der Waals surface area (Å²) in [4.78, 5) is 32.5. The number of morpholine rings is 1. The van der Waals surface area contributed by atoms with Crippen LogP contribution >= 0.6 is 0 Å². The Morgan fingerprint density at radius 1 is 0.939 bits per heavy atom. The number of amides is 2. The van der Waals surface area contributed by atoms with Gasteiger partial charge in [0.15, 0.2) is 0 Å². The third kappa shape index (κ3) is 5.10. The third-order valence-corrected chi connectivity index (χ3v) is 5.88. The first kappa shape index (κ1) is 23.0. The van der Waals surface area contributed by atoms with Crippen molar-refractivity contribution < 1.29 is 19.1 Å². The molecule has 0 aromatic heterocycles. The maximum Gasteiger partial charge on any atom is 0.278 e. The summed E-state index contributed by atoms with van der Waals surface area (Å²) < 4.78 is 11.2. The van der Waals surface area contributed by atoms with Crippen molar-refractivity contribution in [2.75, 3.05) is 51.3 Å². The highest BCUT2D eigenvalue weighted by atomic mass is 16.5. The van der Waals surface area contributed by atoms with Crippen molar-refractivity contribution in [3.63, 3.8) is 0 Å². The first-order valence-corrected chi connectivity index (χ1v) is 11.4. The fraction of sp³-hybridized carbons (Fsp3) is 0.385. The number of imide groups is 1. The molecule has 0 saturated carbocycles. The molecule has 7 nitrogen and oxygen atoms in total. The molecule has 7 heteroatoms. The lowest BCUT2D eigenvalue weighted by Gasteiger charge is -2.28. The second-order valence-corrected chi connectivity index (χ2v) is 8.53. The molecule has 0 bridgehead atoms. The molecule has 0 N–H and O–H groups in total. The van der Waals surface area contributed by atoms with Gasteiger partial charge in [-0.3, -0.25) is 19.4 Å². The third-order valence-electron chi connectivity index (χ3n) is 5.88. The van der Waals surface area contributed by atoms with E-state index in [0.717, 1.165) is 24.5 Å². The lowest BCUT2D eigenvalue weighted by atomic mass is 10.0. The maximum absolute atomic E-state index is 13.5. The second-order valence-electron chi connectivity index (χ2n) is 8.53. The number of carbonyl (C=O) groups is 2. The number of rotatable bonds is 8. The summed E-state index contributed by atoms with van der Waals surface area (Å²) in [5, 5.41) is 0. The molecule has 1 saturated heterocycles. The summed E-state index contributed by atoms with van der Waals surface area (Å²) >= 11 is 0. The molecule has 33 heavy (non-hydrogen) atoms. The van der Waals surface area contributed by atoms with Crippen molar-refractivity contribution in [3.8, 4) is 5.75 Å². The molecule has 0 radical (unpaired) electrons. The summed E-state index contributed by atoms with van der Waals surface area (Å²) in [5.74, 6) is 0.203. The average Bonchev–Trinajstić information content (AvgIpc) is 3.08. The summed E-state index contributed by atoms with van der Waals surface area (Å²) in [6, 6.07) is 17.0. The molecule has 0 unspecified atom stereocenters. The van der Waals surface area contributed by atoms with Crippen molar-refractivity contribution >= 4 is 23.1 Å². The standard InChI is InChI=1S/C26H31N3O4/c1-19(2)33-22-11-9-20(10-12-22)23-24(27(3)21-7-5-4-6-8-21)26(31)29(25(23)30)14-13-28-15-17-32-18-16-28/h4-12,19H,13-18H2,1-3H3. The minimum atomic E-state index is -0.267. The first-order chi connectivity index (χ1) is 16.0. The maximum atomic E-state index is 13.5. The van der Waals surface area contributed by atoms with Crippen molar-refractivity contribution in [2.45, 2.75) is 20.0 Å². The van der Waals surface area contributed by atoms with Gasteiger partial charge in [0.05, 0.1) is 24.9 Å². The van der Waals surface area contributed by atoms with Gasteiger partial charge in [-0.25, -0.2) is 0 Å². The van der Waals surface area contributed by atoms with E-state index in [0.29, 0.717) is 43.1 Å². The van der Waals surface area contributed by atoms with Crippen molar-refractivity contribution in [2.24, 2.45) is 0 Å². The second kappa shape index (κ2) is 10.2. The summed E-state index contributed by atoms with van der Waals surface area (Å²) in [7, 11) is 1.83. The van der Waals surface area contributed by atoms with Crippen LogP contribution in [0.2, 0.25) is 0 Å². The molecule has 2 heterocycles. The Labute approximate surface area is 195 Å². The van der Waals surface area contributed by atoms with Crippen molar-refractivity contribution in [3.05, 3.63) is 65.9 Å². The van der Waals surface area contributed by atoms with E-state index < -0.39 is 0 Å². The van der Waals surface area contributed by atoms with Crippen LogP contribution in [0.4, 0.5) is 5.69 Å². The van der Waals surface area contributed by atoms with Gasteiger partial charge < -0.3 is 14.4 Å². The number of carbonyl (C=O) groups excluding carboxylic acids is 2. The molecular formula is C26H31N3O4. The molecule has 174 valence electrons. The molecule has 2 aromatic rings. The van der Waals surface area contributed by atoms with Crippen LogP contribution in [0.5, 0.6) is 5.75 Å². The lowest BCUT2D eigenvalue weighted by molar-refractivity contribution is -0.137. The van der Waals surface area contributed by atoms with E-state index in [2.05, 4.69) is 4.90 Å². The molecule has 0 aliphatic carbocycles. The van der Waals surface area contributed by atoms with E-state index >= 15 is 0 Å². The summed E-state index contributed by atoms with van der Waals surface area (Å²) in [5.41, 5.74) is 2.37. The van der Waals surface area contributed by atoms with Crippen molar-refractivity contribution in [1.29, 1.82) is 0 Å². The molecular weight excluding hydrogens is 418 g/mol. The van der Waals surface area contributed by atoms with Gasteiger partial charge in [-0.05, 0) is 43.7 Å². The van der Waals surface area contributed by atoms with Crippen LogP contribution in [0.3, 0.4) is 0 Å². The molecule has 0 spiro atoms. The Balaban J connectivity index is 1.65. The van der Waals surface area contributed by atoms with E-state index in [4.69, 9.17) is 9.47 Å². The number of ether oxygens (including phenoxy) is 2. The zero-order valence-corrected chi connectivity index (χ0v) is 19.5. The van der Waals surface area contributed by atoms with Crippen LogP contribution < -0.4 is 9.64 Å². The molecule has 2 aliphatic rings. The SMILES string of the molecule is CC(C)Oc1ccc(C2=C(N(C)c3ccccc3)C(=O)N(CCN3CCOCC3)C2=O)cc1. The van der Waals surface area contributed by atoms with E-state index in [9.17, 15) is 9.59 Å². The summed E-state index contributed by atoms with van der Waals surface area (Å²) in [6.07, 6.45) is 0.0557. The van der Waals surface area contributed by atoms with Gasteiger partial charge in [0, 0.05) is 38.9 Å². The quantitative estimate of drug-likeness (QED) is 0.578. The molecule has 0 atom stereocenters. The van der Waals surface area contributed by atoms with Gasteiger partial charge in [-0.2, -0.15) is 0 Å². The minimum absolute atomic E-state index is 0.0557. The highest BCUT2D eigenvalue weighted by Crippen LogP contribution is 2.34.